The van der Waals surface area contributed by atoms with Crippen LogP contribution in [-0.4, -0.2) is 41.0 Å². The molecule has 1 aromatic heterocycles. The molecule has 0 spiro atoms. The smallest absolute Gasteiger partial charge is 0.416 e. The van der Waals surface area contributed by atoms with Gasteiger partial charge in [-0.15, -0.1) is 0 Å². The number of halogens is 3. The quantitative estimate of drug-likeness (QED) is 0.584. The van der Waals surface area contributed by atoms with Crippen LogP contribution in [0, 0.1) is 10.8 Å². The molecule has 9 heteroatoms. The highest BCUT2D eigenvalue weighted by molar-refractivity contribution is 5.96. The molecule has 1 saturated heterocycles. The summed E-state index contributed by atoms with van der Waals surface area (Å²) in [6, 6.07) is 7.69. The summed E-state index contributed by atoms with van der Waals surface area (Å²) < 4.78 is 44.3. The lowest BCUT2D eigenvalue weighted by molar-refractivity contribution is -0.137. The van der Waals surface area contributed by atoms with E-state index in [1.54, 1.807) is 0 Å². The van der Waals surface area contributed by atoms with Crippen molar-refractivity contribution in [2.24, 2.45) is 10.8 Å². The first-order chi connectivity index (χ1) is 15.9. The van der Waals surface area contributed by atoms with Crippen molar-refractivity contribution in [2.75, 3.05) is 18.5 Å². The number of aromatic nitrogens is 1. The number of carbonyl (C=O) groups excluding carboxylic acids is 2. The Balaban J connectivity index is 1.43. The SMILES string of the molecule is CC1(C)C[C@@H]2C[C@@](C)(CN2C(=O)COC(=O)c2cccnc2Nc2cccc(C(F)(F)F)c2)C1. The number of benzene rings is 1. The average molecular weight is 476 g/mol. The number of carbonyl (C=O) groups is 2. The third kappa shape index (κ3) is 5.18. The molecule has 1 aliphatic heterocycles. The van der Waals surface area contributed by atoms with E-state index in [4.69, 9.17) is 4.74 Å². The Bertz CT molecular complexity index is 1100. The van der Waals surface area contributed by atoms with E-state index >= 15 is 0 Å². The minimum atomic E-state index is -4.50. The Labute approximate surface area is 196 Å². The van der Waals surface area contributed by atoms with Gasteiger partial charge in [-0.2, -0.15) is 13.2 Å². The van der Waals surface area contributed by atoms with E-state index in [0.29, 0.717) is 6.54 Å². The monoisotopic (exact) mass is 475 g/mol. The number of nitrogens with zero attached hydrogens (tertiary/aromatic N) is 2. The van der Waals surface area contributed by atoms with Gasteiger partial charge in [0.25, 0.3) is 5.91 Å². The van der Waals surface area contributed by atoms with Gasteiger partial charge in [0.05, 0.1) is 5.56 Å². The van der Waals surface area contributed by atoms with Crippen LogP contribution >= 0.6 is 0 Å². The second kappa shape index (κ2) is 8.60. The maximum atomic E-state index is 13.0. The number of amides is 1. The molecule has 2 bridgehead atoms. The van der Waals surface area contributed by atoms with Crippen molar-refractivity contribution in [2.45, 2.75) is 52.3 Å². The Morgan fingerprint density at radius 1 is 1.18 bits per heavy atom. The Morgan fingerprint density at radius 3 is 2.68 bits per heavy atom. The zero-order chi connectivity index (χ0) is 24.7. The number of fused-ring (bicyclic) bond motifs is 2. The number of ether oxygens (including phenoxy) is 1. The summed E-state index contributed by atoms with van der Waals surface area (Å²) in [5, 5.41) is 2.75. The largest absolute Gasteiger partial charge is 0.452 e. The Kier molecular flexibility index (Phi) is 6.08. The van der Waals surface area contributed by atoms with Crippen LogP contribution in [0.25, 0.3) is 0 Å². The summed E-state index contributed by atoms with van der Waals surface area (Å²) in [4.78, 5) is 31.5. The average Bonchev–Trinajstić information content (AvgIpc) is 3.00. The van der Waals surface area contributed by atoms with Crippen molar-refractivity contribution in [3.63, 3.8) is 0 Å². The highest BCUT2D eigenvalue weighted by atomic mass is 19.4. The number of esters is 1. The van der Waals surface area contributed by atoms with Gasteiger partial charge in [-0.1, -0.05) is 26.8 Å². The molecule has 0 unspecified atom stereocenters. The van der Waals surface area contributed by atoms with Crippen LogP contribution in [-0.2, 0) is 15.7 Å². The highest BCUT2D eigenvalue weighted by Crippen LogP contribution is 2.52. The van der Waals surface area contributed by atoms with E-state index < -0.39 is 24.3 Å². The normalized spacial score (nSPS) is 23.5. The molecule has 2 atom stereocenters. The van der Waals surface area contributed by atoms with Gasteiger partial charge < -0.3 is 15.0 Å². The van der Waals surface area contributed by atoms with Gasteiger partial charge in [-0.25, -0.2) is 9.78 Å². The number of hydrogen-bond acceptors (Lipinski definition) is 5. The number of rotatable bonds is 5. The second-order valence-corrected chi connectivity index (χ2v) is 10.4. The van der Waals surface area contributed by atoms with E-state index in [9.17, 15) is 22.8 Å². The van der Waals surface area contributed by atoms with Crippen molar-refractivity contribution in [3.8, 4) is 0 Å². The molecule has 1 amide bonds. The molecule has 34 heavy (non-hydrogen) atoms. The minimum Gasteiger partial charge on any atom is -0.452 e. The Hall–Kier alpha value is -3.10. The predicted octanol–water partition coefficient (Wildman–Crippen LogP) is 5.43. The molecule has 0 radical (unpaired) electrons. The van der Waals surface area contributed by atoms with E-state index in [1.807, 2.05) is 4.90 Å². The lowest BCUT2D eigenvalue weighted by atomic mass is 9.65. The molecular formula is C25H28F3N3O3. The first kappa shape index (κ1) is 24.0. The van der Waals surface area contributed by atoms with Gasteiger partial charge in [-0.05, 0) is 60.4 Å². The zero-order valence-electron chi connectivity index (χ0n) is 19.4. The molecule has 4 rings (SSSR count). The zero-order valence-corrected chi connectivity index (χ0v) is 19.4. The molecule has 6 nitrogen and oxygen atoms in total. The fraction of sp³-hybridized carbons (Fsp3) is 0.480. The van der Waals surface area contributed by atoms with Crippen molar-refractivity contribution in [1.29, 1.82) is 0 Å². The minimum absolute atomic E-state index is 0.0287. The molecule has 1 saturated carbocycles. The Morgan fingerprint density at radius 2 is 1.94 bits per heavy atom. The first-order valence-corrected chi connectivity index (χ1v) is 11.2. The summed E-state index contributed by atoms with van der Waals surface area (Å²) in [6.07, 6.45) is -0.186. The van der Waals surface area contributed by atoms with Crippen molar-refractivity contribution in [3.05, 3.63) is 53.7 Å². The summed E-state index contributed by atoms with van der Waals surface area (Å²) in [5.74, 6) is -0.966. The van der Waals surface area contributed by atoms with Crippen LogP contribution in [0.2, 0.25) is 0 Å². The van der Waals surface area contributed by atoms with E-state index in [2.05, 4.69) is 31.1 Å². The highest BCUT2D eigenvalue weighted by Gasteiger charge is 2.51. The third-order valence-electron chi connectivity index (χ3n) is 6.54. The number of likely N-dealkylation sites (tertiary alicyclic amines) is 1. The molecule has 1 N–H and O–H groups in total. The van der Waals surface area contributed by atoms with Crippen LogP contribution in [0.4, 0.5) is 24.7 Å². The maximum Gasteiger partial charge on any atom is 0.416 e. The lowest BCUT2D eigenvalue weighted by Crippen LogP contribution is -2.39. The number of alkyl halides is 3. The molecule has 1 aliphatic carbocycles. The van der Waals surface area contributed by atoms with Crippen LogP contribution in [0.5, 0.6) is 0 Å². The molecule has 2 aromatic rings. The van der Waals surface area contributed by atoms with Crippen molar-refractivity contribution < 1.29 is 27.5 Å². The van der Waals surface area contributed by atoms with E-state index in [1.165, 1.54) is 30.5 Å². The number of anilines is 2. The summed E-state index contributed by atoms with van der Waals surface area (Å²) in [5.41, 5.74) is -0.448. The van der Waals surface area contributed by atoms with Crippen LogP contribution < -0.4 is 5.32 Å². The molecule has 2 aliphatic rings. The summed E-state index contributed by atoms with van der Waals surface area (Å²) >= 11 is 0. The molecule has 2 fully saturated rings. The summed E-state index contributed by atoms with van der Waals surface area (Å²) in [7, 11) is 0. The number of hydrogen-bond donors (Lipinski definition) is 1. The van der Waals surface area contributed by atoms with Crippen LogP contribution in [0.3, 0.4) is 0 Å². The van der Waals surface area contributed by atoms with E-state index in [-0.39, 0.29) is 39.8 Å². The van der Waals surface area contributed by atoms with Crippen LogP contribution in [0.1, 0.15) is 56.0 Å². The third-order valence-corrected chi connectivity index (χ3v) is 6.54. The van der Waals surface area contributed by atoms with Gasteiger partial charge in [0.15, 0.2) is 6.61 Å². The van der Waals surface area contributed by atoms with Gasteiger partial charge in [-0.3, -0.25) is 4.79 Å². The molecular weight excluding hydrogens is 447 g/mol. The predicted molar refractivity (Wildman–Crippen MR) is 120 cm³/mol. The first-order valence-electron chi connectivity index (χ1n) is 11.2. The van der Waals surface area contributed by atoms with E-state index in [0.717, 1.165) is 31.4 Å². The molecule has 2 heterocycles. The fourth-order valence-electron chi connectivity index (χ4n) is 5.62. The second-order valence-electron chi connectivity index (χ2n) is 10.4. The molecule has 1 aromatic carbocycles. The van der Waals surface area contributed by atoms with Gasteiger partial charge in [0.1, 0.15) is 11.4 Å². The van der Waals surface area contributed by atoms with Gasteiger partial charge >= 0.3 is 12.1 Å². The molecule has 182 valence electrons. The summed E-state index contributed by atoms with van der Waals surface area (Å²) in [6.45, 7) is 6.87. The van der Waals surface area contributed by atoms with Gasteiger partial charge in [0, 0.05) is 24.5 Å². The standard InChI is InChI=1S/C25H28F3N3O3/c1-23(2)11-18-12-24(3,14-23)15-31(18)20(32)13-34-22(33)19-8-5-9-29-21(19)30-17-7-4-6-16(10-17)25(26,27)28/h4-10,18H,11-15H2,1-3H3,(H,29,30)/t18-,24-/m1/s1. The fourth-order valence-corrected chi connectivity index (χ4v) is 5.62. The van der Waals surface area contributed by atoms with Gasteiger partial charge in [0.2, 0.25) is 0 Å². The number of pyridine rings is 1. The maximum absolute atomic E-state index is 13.0. The van der Waals surface area contributed by atoms with Crippen molar-refractivity contribution in [1.82, 2.24) is 9.88 Å². The van der Waals surface area contributed by atoms with Crippen LogP contribution in [0.15, 0.2) is 42.6 Å². The van der Waals surface area contributed by atoms with Crippen molar-refractivity contribution >= 4 is 23.4 Å². The lowest BCUT2D eigenvalue weighted by Gasteiger charge is -2.39. The number of nitrogens with one attached hydrogen (secondary N) is 1. The topological polar surface area (TPSA) is 71.5 Å².